The van der Waals surface area contributed by atoms with Gasteiger partial charge < -0.3 is 30.0 Å². The topological polar surface area (TPSA) is 145 Å². The number of carboxylic acid groups (broad SMARTS) is 2. The third-order valence-corrected chi connectivity index (χ3v) is 7.70. The van der Waals surface area contributed by atoms with Gasteiger partial charge in [0.15, 0.2) is 0 Å². The summed E-state index contributed by atoms with van der Waals surface area (Å²) < 4.78 is 0. The first-order valence-electron chi connectivity index (χ1n) is 14.2. The Bertz CT molecular complexity index is 1280. The molecule has 2 aromatic carbocycles. The minimum absolute atomic E-state index is 0. The molecule has 2 saturated carbocycles. The van der Waals surface area contributed by atoms with Crippen LogP contribution in [0.2, 0.25) is 0 Å². The Morgan fingerprint density at radius 1 is 0.881 bits per heavy atom. The van der Waals surface area contributed by atoms with Crippen LogP contribution < -0.4 is 10.2 Å². The van der Waals surface area contributed by atoms with E-state index in [2.05, 4.69) is 52.0 Å². The van der Waals surface area contributed by atoms with E-state index >= 15 is 0 Å². The summed E-state index contributed by atoms with van der Waals surface area (Å²) >= 11 is 0. The standard InChI is InChI=1S/C29H38N2O2.2C2H4O2.Co/c1-17(2)22-9-19(5)27(32)24(12-22)15-30-26-11-21-7-8-29(26,14-21)31-16-25-13-23(18(3)4)10-20(6)28(25)33;2*1-2(3)4;/h9-10,12-13,15-18,21,26,32-33H,7-8,11,14H2,1-6H3;2*1H3,(H,3,4);/q;;;+2/p-2. The maximum atomic E-state index is 10.6. The average molecular weight is 624 g/mol. The molecule has 0 heterocycles. The first-order valence-corrected chi connectivity index (χ1v) is 14.2. The van der Waals surface area contributed by atoms with Crippen molar-refractivity contribution in [1.29, 1.82) is 0 Å². The van der Waals surface area contributed by atoms with Gasteiger partial charge in [-0.1, -0.05) is 39.8 Å². The molecule has 9 heteroatoms. The molecule has 0 aromatic heterocycles. The van der Waals surface area contributed by atoms with Gasteiger partial charge >= 0.3 is 16.8 Å². The number of fused-ring (bicyclic) bond motifs is 2. The monoisotopic (exact) mass is 623 g/mol. The van der Waals surface area contributed by atoms with Crippen LogP contribution in [0.1, 0.15) is 112 Å². The first-order chi connectivity index (χ1) is 19.1. The van der Waals surface area contributed by atoms with E-state index in [-0.39, 0.29) is 28.4 Å². The number of carbonyl (C=O) groups is 2. The Balaban J connectivity index is 0.000000873. The predicted octanol–water partition coefficient (Wildman–Crippen LogP) is 4.32. The number of phenols is 2. The number of aryl methyl sites for hydroxylation is 2. The number of hydrogen-bond donors (Lipinski definition) is 2. The van der Waals surface area contributed by atoms with E-state index in [1.807, 2.05) is 26.3 Å². The molecule has 2 aliphatic carbocycles. The molecule has 0 saturated heterocycles. The average Bonchev–Trinajstić information content (AvgIpc) is 3.43. The Hall–Kier alpha value is -3.17. The number of phenolic OH excluding ortho intramolecular Hbond substituents is 2. The molecule has 2 aliphatic rings. The van der Waals surface area contributed by atoms with Gasteiger partial charge in [-0.2, -0.15) is 0 Å². The molecule has 1 radical (unpaired) electrons. The summed E-state index contributed by atoms with van der Waals surface area (Å²) in [5.41, 5.74) is 5.58. The molecule has 0 spiro atoms. The van der Waals surface area contributed by atoms with Crippen molar-refractivity contribution in [1.82, 2.24) is 0 Å². The van der Waals surface area contributed by atoms with Crippen LogP contribution in [-0.2, 0) is 26.4 Å². The molecular formula is C33H44CoN2O6. The Morgan fingerprint density at radius 3 is 1.71 bits per heavy atom. The molecule has 0 amide bonds. The molecule has 0 aliphatic heterocycles. The molecule has 3 unspecified atom stereocenters. The largest absolute Gasteiger partial charge is 2.00 e. The van der Waals surface area contributed by atoms with E-state index in [4.69, 9.17) is 29.8 Å². The predicted molar refractivity (Wildman–Crippen MR) is 159 cm³/mol. The van der Waals surface area contributed by atoms with Crippen LogP contribution in [0, 0.1) is 19.8 Å². The first kappa shape index (κ1) is 36.9. The molecule has 8 nitrogen and oxygen atoms in total. The van der Waals surface area contributed by atoms with E-state index in [0.717, 1.165) is 55.4 Å². The fraction of sp³-hybridized carbons (Fsp3) is 0.515. The minimum Gasteiger partial charge on any atom is -0.550 e. The summed E-state index contributed by atoms with van der Waals surface area (Å²) in [5, 5.41) is 39.0. The summed E-state index contributed by atoms with van der Waals surface area (Å²) in [6.45, 7) is 14.5. The SMILES string of the molecule is CC(=O)[O-].CC(=O)[O-].Cc1cc(C(C)C)cc(C=NC2CC3CCC2(N=Cc2cc(C(C)C)cc(C)c2O)C3)c1O.[Co+2]. The van der Waals surface area contributed by atoms with Crippen molar-refractivity contribution >= 4 is 24.4 Å². The van der Waals surface area contributed by atoms with Crippen molar-refractivity contribution in [2.24, 2.45) is 15.9 Å². The molecule has 3 atom stereocenters. The quantitative estimate of drug-likeness (QED) is 0.459. The summed E-state index contributed by atoms with van der Waals surface area (Å²) in [5.74, 6) is -0.0913. The van der Waals surface area contributed by atoms with Gasteiger partial charge in [0.05, 0.1) is 11.6 Å². The second kappa shape index (κ2) is 15.9. The van der Waals surface area contributed by atoms with Crippen LogP contribution >= 0.6 is 0 Å². The summed E-state index contributed by atoms with van der Waals surface area (Å²) in [6.07, 6.45) is 8.04. The summed E-state index contributed by atoms with van der Waals surface area (Å²) in [4.78, 5) is 27.9. The molecule has 4 rings (SSSR count). The number of carboxylic acids is 2. The normalized spacial score (nSPS) is 20.7. The fourth-order valence-electron chi connectivity index (χ4n) is 5.50. The number of nitrogens with zero attached hydrogens (tertiary/aromatic N) is 2. The molecule has 2 N–H and O–H groups in total. The van der Waals surface area contributed by atoms with E-state index in [1.165, 1.54) is 17.5 Å². The van der Waals surface area contributed by atoms with Crippen LogP contribution in [0.5, 0.6) is 11.5 Å². The summed E-state index contributed by atoms with van der Waals surface area (Å²) in [7, 11) is 0. The number of aliphatic carboxylic acids is 2. The van der Waals surface area contributed by atoms with Crippen LogP contribution in [0.4, 0.5) is 0 Å². The second-order valence-corrected chi connectivity index (χ2v) is 11.8. The van der Waals surface area contributed by atoms with E-state index in [0.29, 0.717) is 29.3 Å². The molecular weight excluding hydrogens is 579 g/mol. The number of benzene rings is 2. The summed E-state index contributed by atoms with van der Waals surface area (Å²) in [6, 6.07) is 8.33. The number of aromatic hydroxyl groups is 2. The molecule has 42 heavy (non-hydrogen) atoms. The van der Waals surface area contributed by atoms with Crippen molar-refractivity contribution in [2.45, 2.75) is 104 Å². The molecule has 2 fully saturated rings. The van der Waals surface area contributed by atoms with Crippen LogP contribution in [0.3, 0.4) is 0 Å². The van der Waals surface area contributed by atoms with Crippen molar-refractivity contribution < 1.29 is 46.8 Å². The molecule has 231 valence electrons. The van der Waals surface area contributed by atoms with Gasteiger partial charge in [-0.05, 0) is 106 Å². The van der Waals surface area contributed by atoms with Crippen LogP contribution in [0.25, 0.3) is 0 Å². The van der Waals surface area contributed by atoms with Crippen molar-refractivity contribution in [3.8, 4) is 11.5 Å². The second-order valence-electron chi connectivity index (χ2n) is 11.8. The Labute approximate surface area is 260 Å². The van der Waals surface area contributed by atoms with Gasteiger partial charge in [0.1, 0.15) is 11.5 Å². The third kappa shape index (κ3) is 9.98. The van der Waals surface area contributed by atoms with Crippen LogP contribution in [0.15, 0.2) is 34.3 Å². The van der Waals surface area contributed by atoms with Crippen LogP contribution in [-0.4, -0.2) is 46.2 Å². The maximum absolute atomic E-state index is 10.6. The Morgan fingerprint density at radius 2 is 1.31 bits per heavy atom. The zero-order chi connectivity index (χ0) is 31.1. The van der Waals surface area contributed by atoms with Gasteiger partial charge in [0.2, 0.25) is 0 Å². The van der Waals surface area contributed by atoms with Gasteiger partial charge in [-0.25, -0.2) is 0 Å². The van der Waals surface area contributed by atoms with Crippen molar-refractivity contribution in [2.75, 3.05) is 0 Å². The maximum Gasteiger partial charge on any atom is 2.00 e. The smallest absolute Gasteiger partial charge is 0.550 e. The van der Waals surface area contributed by atoms with Gasteiger partial charge in [-0.15, -0.1) is 0 Å². The zero-order valence-corrected chi connectivity index (χ0v) is 26.9. The number of carbonyl (C=O) groups excluding carboxylic acids is 2. The van der Waals surface area contributed by atoms with E-state index in [1.54, 1.807) is 0 Å². The molecule has 2 aromatic rings. The number of aliphatic imine (C=N–C) groups is 2. The molecule has 2 bridgehead atoms. The van der Waals surface area contributed by atoms with Gasteiger partial charge in [0.25, 0.3) is 0 Å². The van der Waals surface area contributed by atoms with Crippen molar-refractivity contribution in [3.05, 3.63) is 57.6 Å². The minimum atomic E-state index is -1.08. The fourth-order valence-corrected chi connectivity index (χ4v) is 5.50. The number of hydrogen-bond acceptors (Lipinski definition) is 8. The van der Waals surface area contributed by atoms with Gasteiger partial charge in [0, 0.05) is 35.5 Å². The van der Waals surface area contributed by atoms with Gasteiger partial charge in [-0.3, -0.25) is 9.98 Å². The third-order valence-electron chi connectivity index (χ3n) is 7.70. The Kier molecular flexibility index (Phi) is 13.9. The van der Waals surface area contributed by atoms with E-state index < -0.39 is 11.9 Å². The van der Waals surface area contributed by atoms with Crippen molar-refractivity contribution in [3.63, 3.8) is 0 Å². The number of rotatable bonds is 6. The van der Waals surface area contributed by atoms with E-state index in [9.17, 15) is 10.2 Å². The zero-order valence-electron chi connectivity index (χ0n) is 25.9.